The Morgan fingerprint density at radius 2 is 1.76 bits per heavy atom. The molecule has 0 aliphatic heterocycles. The Labute approximate surface area is 214 Å². The molecule has 3 rings (SSSR count). The van der Waals surface area contributed by atoms with E-state index in [9.17, 15) is 9.59 Å². The molecule has 2 N–H and O–H groups in total. The van der Waals surface area contributed by atoms with Gasteiger partial charge in [0.05, 0.1) is 43.6 Å². The Kier molecular flexibility index (Phi) is 9.05. The molecule has 0 fully saturated rings. The molecule has 0 radical (unpaired) electrons. The molecule has 2 amide bonds. The summed E-state index contributed by atoms with van der Waals surface area (Å²) in [5.41, 5.74) is 0.716. The van der Waals surface area contributed by atoms with Crippen molar-refractivity contribution in [1.82, 2.24) is 20.1 Å². The van der Waals surface area contributed by atoms with Gasteiger partial charge in [-0.15, -0.1) is 16.8 Å². The van der Waals surface area contributed by atoms with Gasteiger partial charge in [-0.05, 0) is 24.3 Å². The number of amides is 2. The predicted molar refractivity (Wildman–Crippen MR) is 134 cm³/mol. The first-order valence-electron chi connectivity index (χ1n) is 9.43. The lowest BCUT2D eigenvalue weighted by Crippen LogP contribution is -2.25. The van der Waals surface area contributed by atoms with Crippen LogP contribution in [-0.2, 0) is 17.9 Å². The summed E-state index contributed by atoms with van der Waals surface area (Å²) in [6, 6.07) is 9.68. The van der Waals surface area contributed by atoms with Crippen molar-refractivity contribution in [1.29, 1.82) is 0 Å². The van der Waals surface area contributed by atoms with Crippen molar-refractivity contribution in [2.45, 2.75) is 18.2 Å². The van der Waals surface area contributed by atoms with Crippen LogP contribution in [0.4, 0.5) is 5.69 Å². The van der Waals surface area contributed by atoms with Crippen LogP contribution in [-0.4, -0.2) is 32.3 Å². The first kappa shape index (κ1) is 25.4. The topological polar surface area (TPSA) is 88.9 Å². The number of hydrogen-bond acceptors (Lipinski definition) is 5. The number of nitrogens with zero attached hydrogens (tertiary/aromatic N) is 3. The van der Waals surface area contributed by atoms with E-state index in [1.807, 2.05) is 0 Å². The lowest BCUT2D eigenvalue weighted by molar-refractivity contribution is -0.113. The van der Waals surface area contributed by atoms with Crippen LogP contribution in [0.25, 0.3) is 0 Å². The van der Waals surface area contributed by atoms with Gasteiger partial charge in [0.2, 0.25) is 5.91 Å². The molecule has 1 aromatic heterocycles. The zero-order chi connectivity index (χ0) is 24.0. The van der Waals surface area contributed by atoms with E-state index < -0.39 is 0 Å². The third kappa shape index (κ3) is 6.65. The fourth-order valence-electron chi connectivity index (χ4n) is 2.70. The van der Waals surface area contributed by atoms with Crippen LogP contribution < -0.4 is 10.6 Å². The molecular weight excluding hydrogens is 528 g/mol. The average Bonchev–Trinajstić information content (AvgIpc) is 3.16. The number of benzene rings is 2. The molecule has 0 saturated heterocycles. The summed E-state index contributed by atoms with van der Waals surface area (Å²) in [7, 11) is 0. The fourth-order valence-corrected chi connectivity index (χ4v) is 4.29. The highest BCUT2D eigenvalue weighted by Gasteiger charge is 2.16. The third-order valence-electron chi connectivity index (χ3n) is 4.25. The summed E-state index contributed by atoms with van der Waals surface area (Å²) < 4.78 is 1.75. The van der Waals surface area contributed by atoms with Gasteiger partial charge < -0.3 is 15.2 Å². The summed E-state index contributed by atoms with van der Waals surface area (Å²) in [5.74, 6) is -0.105. The number of nitrogens with one attached hydrogen (secondary N) is 2. The Balaban J connectivity index is 1.64. The van der Waals surface area contributed by atoms with Gasteiger partial charge >= 0.3 is 0 Å². The molecule has 33 heavy (non-hydrogen) atoms. The summed E-state index contributed by atoms with van der Waals surface area (Å²) >= 11 is 25.2. The molecule has 0 aliphatic carbocycles. The number of aromatic nitrogens is 3. The maximum absolute atomic E-state index is 12.4. The highest BCUT2D eigenvalue weighted by molar-refractivity contribution is 7.99. The largest absolute Gasteiger partial charge is 0.345 e. The van der Waals surface area contributed by atoms with E-state index in [1.165, 1.54) is 23.9 Å². The number of hydrogen-bond donors (Lipinski definition) is 2. The number of anilines is 1. The van der Waals surface area contributed by atoms with Crippen molar-refractivity contribution in [3.05, 3.63) is 80.5 Å². The molecular formula is C21H17Cl4N5O2S. The van der Waals surface area contributed by atoms with Crippen LogP contribution in [0.5, 0.6) is 0 Å². The van der Waals surface area contributed by atoms with Crippen molar-refractivity contribution in [3.8, 4) is 0 Å². The quantitative estimate of drug-likeness (QED) is 0.204. The van der Waals surface area contributed by atoms with E-state index in [0.717, 1.165) is 0 Å². The van der Waals surface area contributed by atoms with Gasteiger partial charge in [-0.2, -0.15) is 0 Å². The second-order valence-corrected chi connectivity index (χ2v) is 9.11. The maximum atomic E-state index is 12.4. The number of halogens is 4. The van der Waals surface area contributed by atoms with Gasteiger partial charge in [0.25, 0.3) is 5.91 Å². The standard InChI is InChI=1S/C21H17Cl4N5O2S/c1-2-7-30-18(10-26-20(32)12-5-3-4-6-13(12)22)28-29-21(30)33-11-19(31)27-17-9-15(24)14(23)8-16(17)25/h2-6,8-9H,1,7,10-11H2,(H,26,32)(H,27,31). The first-order chi connectivity index (χ1) is 15.8. The Morgan fingerprint density at radius 1 is 1.03 bits per heavy atom. The highest BCUT2D eigenvalue weighted by atomic mass is 35.5. The monoisotopic (exact) mass is 543 g/mol. The minimum absolute atomic E-state index is 0.0395. The zero-order valence-electron chi connectivity index (χ0n) is 16.9. The molecule has 2 aromatic carbocycles. The van der Waals surface area contributed by atoms with Crippen LogP contribution in [0.15, 0.2) is 54.2 Å². The average molecular weight is 545 g/mol. The van der Waals surface area contributed by atoms with Crippen LogP contribution >= 0.6 is 58.2 Å². The van der Waals surface area contributed by atoms with Gasteiger partial charge in [-0.25, -0.2) is 0 Å². The lowest BCUT2D eigenvalue weighted by Gasteiger charge is -2.10. The molecule has 0 saturated carbocycles. The predicted octanol–water partition coefficient (Wildman–Crippen LogP) is 5.74. The Hall–Kier alpha value is -2.23. The van der Waals surface area contributed by atoms with Crippen LogP contribution in [0.3, 0.4) is 0 Å². The molecule has 172 valence electrons. The number of thioether (sulfide) groups is 1. The smallest absolute Gasteiger partial charge is 0.253 e. The van der Waals surface area contributed by atoms with Crippen LogP contribution in [0, 0.1) is 0 Å². The maximum Gasteiger partial charge on any atom is 0.253 e. The van der Waals surface area contributed by atoms with Crippen molar-refractivity contribution in [2.24, 2.45) is 0 Å². The number of carbonyl (C=O) groups excluding carboxylic acids is 2. The Bertz CT molecular complexity index is 1200. The van der Waals surface area contributed by atoms with E-state index in [4.69, 9.17) is 46.4 Å². The zero-order valence-corrected chi connectivity index (χ0v) is 20.8. The fraction of sp³-hybridized carbons (Fsp3) is 0.143. The minimum atomic E-state index is -0.333. The normalized spacial score (nSPS) is 10.7. The minimum Gasteiger partial charge on any atom is -0.345 e. The van der Waals surface area contributed by atoms with E-state index in [1.54, 1.807) is 34.9 Å². The molecule has 12 heteroatoms. The van der Waals surface area contributed by atoms with Crippen molar-refractivity contribution in [2.75, 3.05) is 11.1 Å². The molecule has 0 bridgehead atoms. The SMILES string of the molecule is C=CCn1c(CNC(=O)c2ccccc2Cl)nnc1SCC(=O)Nc1cc(Cl)c(Cl)cc1Cl. The lowest BCUT2D eigenvalue weighted by atomic mass is 10.2. The molecule has 0 unspecified atom stereocenters. The van der Waals surface area contributed by atoms with E-state index >= 15 is 0 Å². The highest BCUT2D eigenvalue weighted by Crippen LogP contribution is 2.32. The number of rotatable bonds is 9. The molecule has 1 heterocycles. The molecule has 0 spiro atoms. The summed E-state index contributed by atoms with van der Waals surface area (Å²) in [6.45, 7) is 4.26. The van der Waals surface area contributed by atoms with Crippen molar-refractivity contribution < 1.29 is 9.59 Å². The Morgan fingerprint density at radius 3 is 2.48 bits per heavy atom. The van der Waals surface area contributed by atoms with Gasteiger partial charge in [0.15, 0.2) is 11.0 Å². The van der Waals surface area contributed by atoms with Gasteiger partial charge in [-0.1, -0.05) is 76.4 Å². The van der Waals surface area contributed by atoms with Gasteiger partial charge in [0.1, 0.15) is 0 Å². The molecule has 7 nitrogen and oxygen atoms in total. The second kappa shape index (κ2) is 11.8. The van der Waals surface area contributed by atoms with Gasteiger partial charge in [0, 0.05) is 6.54 Å². The third-order valence-corrected chi connectivity index (χ3v) is 6.58. The van der Waals surface area contributed by atoms with Crippen molar-refractivity contribution in [3.63, 3.8) is 0 Å². The molecule has 0 atom stereocenters. The number of allylic oxidation sites excluding steroid dienone is 1. The summed E-state index contributed by atoms with van der Waals surface area (Å²) in [5, 5.41) is 15.4. The second-order valence-electron chi connectivity index (χ2n) is 6.54. The van der Waals surface area contributed by atoms with E-state index in [0.29, 0.717) is 38.8 Å². The summed E-state index contributed by atoms with van der Waals surface area (Å²) in [4.78, 5) is 24.8. The van der Waals surface area contributed by atoms with Crippen LogP contribution in [0.2, 0.25) is 20.1 Å². The summed E-state index contributed by atoms with van der Waals surface area (Å²) in [6.07, 6.45) is 1.67. The first-order valence-corrected chi connectivity index (χ1v) is 11.9. The molecule has 3 aromatic rings. The van der Waals surface area contributed by atoms with E-state index in [-0.39, 0.29) is 34.2 Å². The number of carbonyl (C=O) groups is 2. The molecule has 0 aliphatic rings. The van der Waals surface area contributed by atoms with Crippen LogP contribution in [0.1, 0.15) is 16.2 Å². The van der Waals surface area contributed by atoms with E-state index in [2.05, 4.69) is 27.4 Å². The van der Waals surface area contributed by atoms with Crippen molar-refractivity contribution >= 4 is 75.7 Å². The van der Waals surface area contributed by atoms with Gasteiger partial charge in [-0.3, -0.25) is 9.59 Å².